The molecule has 0 saturated carbocycles. The number of nitrogens with zero attached hydrogens (tertiary/aromatic N) is 4. The number of amides is 2. The van der Waals surface area contributed by atoms with Crippen molar-refractivity contribution in [1.29, 1.82) is 0 Å². The molecule has 0 radical (unpaired) electrons. The summed E-state index contributed by atoms with van der Waals surface area (Å²) in [4.78, 5) is 15.0. The number of carbonyl (C=O) groups excluding carboxylic acids is 1. The smallest absolute Gasteiger partial charge is 0.322 e. The Hall–Kier alpha value is -1.90. The van der Waals surface area contributed by atoms with E-state index in [4.69, 9.17) is 0 Å². The summed E-state index contributed by atoms with van der Waals surface area (Å²) in [5, 5.41) is 10.2. The number of halogens is 3. The monoisotopic (exact) mass is 317 g/mol. The quantitative estimate of drug-likeness (QED) is 0.905. The SMILES string of the molecule is Cc1nnccc1NC(=O)N1CCN(CC(F)(F)F)C(C)C1. The standard InChI is InChI=1S/C13H18F3N5O/c1-9-7-20(5-6-21(9)8-13(14,15)16)12(22)18-11-3-4-17-19-10(11)2/h3-4,9H,5-8H2,1-2H3,(H,17,18,22). The van der Waals surface area contributed by atoms with Gasteiger partial charge in [0.05, 0.1) is 24.1 Å². The fourth-order valence-corrected chi connectivity index (χ4v) is 2.37. The zero-order valence-electron chi connectivity index (χ0n) is 12.4. The Morgan fingerprint density at radius 3 is 2.77 bits per heavy atom. The lowest BCUT2D eigenvalue weighted by Crippen LogP contribution is -2.56. The van der Waals surface area contributed by atoms with E-state index in [2.05, 4.69) is 15.5 Å². The van der Waals surface area contributed by atoms with Gasteiger partial charge in [0.1, 0.15) is 0 Å². The van der Waals surface area contributed by atoms with Crippen molar-refractivity contribution in [1.82, 2.24) is 20.0 Å². The first-order chi connectivity index (χ1) is 10.3. The minimum absolute atomic E-state index is 0.196. The first-order valence-corrected chi connectivity index (χ1v) is 6.91. The summed E-state index contributed by atoms with van der Waals surface area (Å²) in [5.74, 6) is 0. The van der Waals surface area contributed by atoms with Crippen LogP contribution in [0.3, 0.4) is 0 Å². The van der Waals surface area contributed by atoms with Crippen molar-refractivity contribution in [3.63, 3.8) is 0 Å². The van der Waals surface area contributed by atoms with Gasteiger partial charge in [0.25, 0.3) is 0 Å². The highest BCUT2D eigenvalue weighted by molar-refractivity contribution is 5.89. The van der Waals surface area contributed by atoms with E-state index in [-0.39, 0.29) is 31.7 Å². The van der Waals surface area contributed by atoms with Gasteiger partial charge in [-0.2, -0.15) is 23.4 Å². The Balaban J connectivity index is 1.93. The molecule has 0 bridgehead atoms. The van der Waals surface area contributed by atoms with Gasteiger partial charge in [0.2, 0.25) is 0 Å². The highest BCUT2D eigenvalue weighted by Crippen LogP contribution is 2.20. The zero-order valence-corrected chi connectivity index (χ0v) is 12.4. The molecule has 6 nitrogen and oxygen atoms in total. The molecular formula is C13H18F3N5O. The maximum atomic E-state index is 12.5. The van der Waals surface area contributed by atoms with E-state index in [0.29, 0.717) is 11.4 Å². The Bertz CT molecular complexity index is 537. The third-order valence-electron chi connectivity index (χ3n) is 3.58. The molecule has 1 N–H and O–H groups in total. The fraction of sp³-hybridized carbons (Fsp3) is 0.615. The van der Waals surface area contributed by atoms with Crippen LogP contribution in [0, 0.1) is 6.92 Å². The number of piperazine rings is 1. The Kier molecular flexibility index (Phi) is 4.84. The molecule has 122 valence electrons. The minimum Gasteiger partial charge on any atom is -0.322 e. The molecule has 9 heteroatoms. The van der Waals surface area contributed by atoms with Gasteiger partial charge in [0, 0.05) is 25.7 Å². The Labute approximate surface area is 126 Å². The molecule has 2 amide bonds. The second kappa shape index (κ2) is 6.47. The summed E-state index contributed by atoms with van der Waals surface area (Å²) in [6, 6.07) is 0.941. The number of nitrogens with one attached hydrogen (secondary N) is 1. The first-order valence-electron chi connectivity index (χ1n) is 6.91. The predicted molar refractivity (Wildman–Crippen MR) is 74.5 cm³/mol. The largest absolute Gasteiger partial charge is 0.401 e. The van der Waals surface area contributed by atoms with E-state index in [0.717, 1.165) is 0 Å². The number of urea groups is 1. The zero-order chi connectivity index (χ0) is 16.3. The van der Waals surface area contributed by atoms with E-state index in [1.165, 1.54) is 16.0 Å². The van der Waals surface area contributed by atoms with Crippen molar-refractivity contribution in [2.24, 2.45) is 0 Å². The van der Waals surface area contributed by atoms with E-state index < -0.39 is 12.7 Å². The van der Waals surface area contributed by atoms with Gasteiger partial charge in [-0.1, -0.05) is 0 Å². The number of carbonyl (C=O) groups is 1. The summed E-state index contributed by atoms with van der Waals surface area (Å²) in [5.41, 5.74) is 1.13. The molecule has 2 heterocycles. The van der Waals surface area contributed by atoms with Crippen molar-refractivity contribution < 1.29 is 18.0 Å². The number of hydrogen-bond acceptors (Lipinski definition) is 4. The van der Waals surface area contributed by atoms with Crippen LogP contribution in [0.25, 0.3) is 0 Å². The van der Waals surface area contributed by atoms with Crippen molar-refractivity contribution >= 4 is 11.7 Å². The predicted octanol–water partition coefficient (Wildman–Crippen LogP) is 1.89. The number of hydrogen-bond donors (Lipinski definition) is 1. The Morgan fingerprint density at radius 2 is 2.18 bits per heavy atom. The molecule has 2 rings (SSSR count). The second-order valence-electron chi connectivity index (χ2n) is 5.34. The lowest BCUT2D eigenvalue weighted by Gasteiger charge is -2.39. The Morgan fingerprint density at radius 1 is 1.45 bits per heavy atom. The summed E-state index contributed by atoms with van der Waals surface area (Å²) in [6.07, 6.45) is -2.76. The topological polar surface area (TPSA) is 61.4 Å². The summed E-state index contributed by atoms with van der Waals surface area (Å²) >= 11 is 0. The minimum atomic E-state index is -4.22. The average molecular weight is 317 g/mol. The van der Waals surface area contributed by atoms with Crippen LogP contribution in [0.2, 0.25) is 0 Å². The molecule has 1 fully saturated rings. The van der Waals surface area contributed by atoms with Crippen molar-refractivity contribution in [2.45, 2.75) is 26.1 Å². The van der Waals surface area contributed by atoms with Crippen LogP contribution < -0.4 is 5.32 Å². The second-order valence-corrected chi connectivity index (χ2v) is 5.34. The number of anilines is 1. The van der Waals surface area contributed by atoms with E-state index >= 15 is 0 Å². The first kappa shape index (κ1) is 16.5. The van der Waals surface area contributed by atoms with Crippen LogP contribution in [-0.2, 0) is 0 Å². The molecule has 0 spiro atoms. The highest BCUT2D eigenvalue weighted by atomic mass is 19.4. The van der Waals surface area contributed by atoms with Crippen molar-refractivity contribution in [3.8, 4) is 0 Å². The maximum Gasteiger partial charge on any atom is 0.401 e. The van der Waals surface area contributed by atoms with E-state index in [9.17, 15) is 18.0 Å². The van der Waals surface area contributed by atoms with Gasteiger partial charge in [-0.25, -0.2) is 4.79 Å². The van der Waals surface area contributed by atoms with E-state index in [1.54, 1.807) is 19.9 Å². The van der Waals surface area contributed by atoms with Gasteiger partial charge < -0.3 is 10.2 Å². The van der Waals surface area contributed by atoms with Crippen LogP contribution in [-0.4, -0.2) is 64.4 Å². The summed E-state index contributed by atoms with van der Waals surface area (Å²) in [7, 11) is 0. The van der Waals surface area contributed by atoms with Crippen LogP contribution in [0.1, 0.15) is 12.6 Å². The van der Waals surface area contributed by atoms with E-state index in [1.807, 2.05) is 0 Å². The highest BCUT2D eigenvalue weighted by Gasteiger charge is 2.35. The number of alkyl halides is 3. The third-order valence-corrected chi connectivity index (χ3v) is 3.58. The number of rotatable bonds is 2. The molecule has 1 aliphatic heterocycles. The molecule has 1 aromatic heterocycles. The van der Waals surface area contributed by atoms with Crippen LogP contribution in [0.4, 0.5) is 23.7 Å². The molecule has 22 heavy (non-hydrogen) atoms. The molecule has 1 aliphatic rings. The van der Waals surface area contributed by atoms with Crippen LogP contribution in [0.5, 0.6) is 0 Å². The lowest BCUT2D eigenvalue weighted by atomic mass is 10.2. The fourth-order valence-electron chi connectivity index (χ4n) is 2.37. The van der Waals surface area contributed by atoms with Gasteiger partial charge >= 0.3 is 12.2 Å². The molecule has 1 aromatic rings. The molecule has 1 atom stereocenters. The number of aromatic nitrogens is 2. The molecule has 0 aromatic carbocycles. The normalized spacial score (nSPS) is 20.0. The summed E-state index contributed by atoms with van der Waals surface area (Å²) in [6.45, 7) is 3.15. The van der Waals surface area contributed by atoms with Crippen molar-refractivity contribution in [2.75, 3.05) is 31.5 Å². The third kappa shape index (κ3) is 4.30. The molecule has 1 unspecified atom stereocenters. The summed E-state index contributed by atoms with van der Waals surface area (Å²) < 4.78 is 37.4. The van der Waals surface area contributed by atoms with Crippen LogP contribution in [0.15, 0.2) is 12.3 Å². The van der Waals surface area contributed by atoms with Crippen molar-refractivity contribution in [3.05, 3.63) is 18.0 Å². The molecular weight excluding hydrogens is 299 g/mol. The van der Waals surface area contributed by atoms with Gasteiger partial charge in [-0.05, 0) is 19.9 Å². The van der Waals surface area contributed by atoms with Gasteiger partial charge in [-0.15, -0.1) is 0 Å². The van der Waals surface area contributed by atoms with Crippen LogP contribution >= 0.6 is 0 Å². The van der Waals surface area contributed by atoms with Gasteiger partial charge in [0.15, 0.2) is 0 Å². The molecule has 0 aliphatic carbocycles. The maximum absolute atomic E-state index is 12.5. The lowest BCUT2D eigenvalue weighted by molar-refractivity contribution is -0.153. The molecule has 1 saturated heterocycles. The average Bonchev–Trinajstić information content (AvgIpc) is 2.42. The number of aryl methyl sites for hydroxylation is 1. The van der Waals surface area contributed by atoms with Gasteiger partial charge in [-0.3, -0.25) is 4.90 Å².